The molecule has 0 aliphatic heterocycles. The number of aryl methyl sites for hydroxylation is 1. The third kappa shape index (κ3) is 2.45. The predicted molar refractivity (Wildman–Crippen MR) is 48.4 cm³/mol. The van der Waals surface area contributed by atoms with Gasteiger partial charge in [0.1, 0.15) is 0 Å². The number of para-hydroxylation sites is 1. The highest BCUT2D eigenvalue weighted by atomic mass is 19.1. The molecule has 0 spiro atoms. The molecule has 0 bridgehead atoms. The standard InChI is InChI=1S/C10H11FO3/c1-14-9(12)6-5-7-3-2-4-8(11)10(7)13/h2-4,13H,5-6H2,1H3. The monoisotopic (exact) mass is 198 g/mol. The number of methoxy groups -OCH3 is 1. The second-order valence-corrected chi connectivity index (χ2v) is 2.82. The van der Waals surface area contributed by atoms with Crippen LogP contribution in [0.2, 0.25) is 0 Å². The molecule has 4 heteroatoms. The number of carbonyl (C=O) groups excluding carboxylic acids is 1. The molecule has 0 heterocycles. The topological polar surface area (TPSA) is 46.5 Å². The molecule has 76 valence electrons. The van der Waals surface area contributed by atoms with Crippen molar-refractivity contribution < 1.29 is 19.0 Å². The molecule has 0 saturated carbocycles. The first-order valence-electron chi connectivity index (χ1n) is 4.18. The number of carbonyl (C=O) groups is 1. The maximum Gasteiger partial charge on any atom is 0.305 e. The molecule has 0 amide bonds. The van der Waals surface area contributed by atoms with Crippen LogP contribution in [0.4, 0.5) is 4.39 Å². The second-order valence-electron chi connectivity index (χ2n) is 2.82. The summed E-state index contributed by atoms with van der Waals surface area (Å²) < 4.78 is 17.2. The molecule has 3 nitrogen and oxygen atoms in total. The number of hydrogen-bond donors (Lipinski definition) is 1. The van der Waals surface area contributed by atoms with Crippen LogP contribution in [0.5, 0.6) is 5.75 Å². The summed E-state index contributed by atoms with van der Waals surface area (Å²) in [7, 11) is 1.29. The van der Waals surface area contributed by atoms with Crippen molar-refractivity contribution in [1.82, 2.24) is 0 Å². The minimum Gasteiger partial charge on any atom is -0.505 e. The van der Waals surface area contributed by atoms with E-state index in [-0.39, 0.29) is 18.8 Å². The molecule has 1 aromatic rings. The zero-order valence-corrected chi connectivity index (χ0v) is 7.79. The van der Waals surface area contributed by atoms with Crippen LogP contribution >= 0.6 is 0 Å². The Labute approximate surface area is 81.1 Å². The summed E-state index contributed by atoms with van der Waals surface area (Å²) in [6, 6.07) is 4.22. The molecule has 1 rings (SSSR count). The van der Waals surface area contributed by atoms with E-state index in [2.05, 4.69) is 4.74 Å². The van der Waals surface area contributed by atoms with Crippen molar-refractivity contribution in [2.75, 3.05) is 7.11 Å². The van der Waals surface area contributed by atoms with Gasteiger partial charge in [0.25, 0.3) is 0 Å². The van der Waals surface area contributed by atoms with Crippen molar-refractivity contribution in [1.29, 1.82) is 0 Å². The molecule has 0 aromatic heterocycles. The Morgan fingerprint density at radius 2 is 2.29 bits per heavy atom. The number of aromatic hydroxyl groups is 1. The van der Waals surface area contributed by atoms with Gasteiger partial charge in [0.2, 0.25) is 0 Å². The molecule has 1 aromatic carbocycles. The predicted octanol–water partition coefficient (Wildman–Crippen LogP) is 1.64. The molecule has 0 radical (unpaired) electrons. The van der Waals surface area contributed by atoms with Crippen molar-refractivity contribution in [2.45, 2.75) is 12.8 Å². The number of halogens is 1. The van der Waals surface area contributed by atoms with Crippen LogP contribution in [0.15, 0.2) is 18.2 Å². The van der Waals surface area contributed by atoms with Crippen molar-refractivity contribution in [2.24, 2.45) is 0 Å². The maximum absolute atomic E-state index is 12.8. The Morgan fingerprint density at radius 3 is 2.93 bits per heavy atom. The van der Waals surface area contributed by atoms with E-state index in [0.29, 0.717) is 5.56 Å². The van der Waals surface area contributed by atoms with Gasteiger partial charge < -0.3 is 9.84 Å². The first-order valence-corrected chi connectivity index (χ1v) is 4.18. The van der Waals surface area contributed by atoms with Gasteiger partial charge in [-0.25, -0.2) is 4.39 Å². The van der Waals surface area contributed by atoms with Crippen molar-refractivity contribution in [3.63, 3.8) is 0 Å². The van der Waals surface area contributed by atoms with Crippen molar-refractivity contribution in [3.8, 4) is 5.75 Å². The molecule has 1 N–H and O–H groups in total. The van der Waals surface area contributed by atoms with Gasteiger partial charge in [-0.2, -0.15) is 0 Å². The molecule has 0 aliphatic rings. The lowest BCUT2D eigenvalue weighted by molar-refractivity contribution is -0.140. The smallest absolute Gasteiger partial charge is 0.305 e. The van der Waals surface area contributed by atoms with Crippen molar-refractivity contribution in [3.05, 3.63) is 29.6 Å². The minimum atomic E-state index is -0.674. The summed E-state index contributed by atoms with van der Waals surface area (Å²) in [5, 5.41) is 9.26. The fraction of sp³-hybridized carbons (Fsp3) is 0.300. The van der Waals surface area contributed by atoms with E-state index in [0.717, 1.165) is 6.07 Å². The highest BCUT2D eigenvalue weighted by Gasteiger charge is 2.08. The number of phenolic OH excluding ortho intramolecular Hbond substituents is 1. The summed E-state index contributed by atoms with van der Waals surface area (Å²) in [6.45, 7) is 0. The number of ether oxygens (including phenoxy) is 1. The van der Waals surface area contributed by atoms with Crippen LogP contribution in [-0.2, 0) is 16.0 Å². The molecular weight excluding hydrogens is 187 g/mol. The highest BCUT2D eigenvalue weighted by molar-refractivity contribution is 5.69. The fourth-order valence-corrected chi connectivity index (χ4v) is 1.10. The van der Waals surface area contributed by atoms with E-state index < -0.39 is 11.6 Å². The average molecular weight is 198 g/mol. The van der Waals surface area contributed by atoms with Crippen LogP contribution < -0.4 is 0 Å². The quantitative estimate of drug-likeness (QED) is 0.751. The Balaban J connectivity index is 2.68. The van der Waals surface area contributed by atoms with Gasteiger partial charge in [0.15, 0.2) is 11.6 Å². The average Bonchev–Trinajstić information content (AvgIpc) is 2.20. The summed E-state index contributed by atoms with van der Waals surface area (Å²) >= 11 is 0. The van der Waals surface area contributed by atoms with E-state index in [1.807, 2.05) is 0 Å². The number of rotatable bonds is 3. The van der Waals surface area contributed by atoms with Gasteiger partial charge in [0, 0.05) is 6.42 Å². The minimum absolute atomic E-state index is 0.132. The van der Waals surface area contributed by atoms with Gasteiger partial charge in [-0.3, -0.25) is 4.79 Å². The maximum atomic E-state index is 12.8. The van der Waals surface area contributed by atoms with E-state index in [1.165, 1.54) is 13.2 Å². The van der Waals surface area contributed by atoms with Crippen LogP contribution in [0.1, 0.15) is 12.0 Å². The van der Waals surface area contributed by atoms with Crippen LogP contribution in [-0.4, -0.2) is 18.2 Å². The SMILES string of the molecule is COC(=O)CCc1cccc(F)c1O. The Hall–Kier alpha value is -1.58. The van der Waals surface area contributed by atoms with Gasteiger partial charge >= 0.3 is 5.97 Å². The third-order valence-electron chi connectivity index (χ3n) is 1.90. The molecule has 0 aliphatic carbocycles. The van der Waals surface area contributed by atoms with E-state index >= 15 is 0 Å². The Bertz CT molecular complexity index is 336. The molecular formula is C10H11FO3. The Kier molecular flexibility index (Phi) is 3.45. The fourth-order valence-electron chi connectivity index (χ4n) is 1.10. The van der Waals surface area contributed by atoms with E-state index in [9.17, 15) is 14.3 Å². The first kappa shape index (κ1) is 10.5. The van der Waals surface area contributed by atoms with Crippen molar-refractivity contribution >= 4 is 5.97 Å². The number of hydrogen-bond acceptors (Lipinski definition) is 3. The van der Waals surface area contributed by atoms with Gasteiger partial charge in [-0.1, -0.05) is 12.1 Å². The highest BCUT2D eigenvalue weighted by Crippen LogP contribution is 2.21. The molecule has 0 unspecified atom stereocenters. The lowest BCUT2D eigenvalue weighted by atomic mass is 10.1. The zero-order valence-electron chi connectivity index (χ0n) is 7.79. The van der Waals surface area contributed by atoms with Gasteiger partial charge in [-0.05, 0) is 18.1 Å². The number of phenols is 1. The third-order valence-corrected chi connectivity index (χ3v) is 1.90. The first-order chi connectivity index (χ1) is 6.65. The zero-order chi connectivity index (χ0) is 10.6. The molecule has 0 fully saturated rings. The summed E-state index contributed by atoms with van der Waals surface area (Å²) in [4.78, 5) is 10.8. The number of benzene rings is 1. The van der Waals surface area contributed by atoms with E-state index in [1.54, 1.807) is 6.07 Å². The summed E-state index contributed by atoms with van der Waals surface area (Å²) in [5.41, 5.74) is 0.412. The second kappa shape index (κ2) is 4.60. The Morgan fingerprint density at radius 1 is 1.57 bits per heavy atom. The van der Waals surface area contributed by atoms with Crippen LogP contribution in [0.3, 0.4) is 0 Å². The number of esters is 1. The summed E-state index contributed by atoms with van der Waals surface area (Å²) in [5.74, 6) is -1.45. The lowest BCUT2D eigenvalue weighted by Gasteiger charge is -2.03. The summed E-state index contributed by atoms with van der Waals surface area (Å²) in [6.07, 6.45) is 0.407. The lowest BCUT2D eigenvalue weighted by Crippen LogP contribution is -2.02. The molecule has 0 atom stereocenters. The molecule has 14 heavy (non-hydrogen) atoms. The van der Waals surface area contributed by atoms with Crippen LogP contribution in [0, 0.1) is 5.82 Å². The van der Waals surface area contributed by atoms with E-state index in [4.69, 9.17) is 0 Å². The normalized spacial score (nSPS) is 9.86. The van der Waals surface area contributed by atoms with Gasteiger partial charge in [0.05, 0.1) is 7.11 Å². The largest absolute Gasteiger partial charge is 0.505 e. The molecule has 0 saturated heterocycles. The van der Waals surface area contributed by atoms with Crippen LogP contribution in [0.25, 0.3) is 0 Å². The van der Waals surface area contributed by atoms with Gasteiger partial charge in [-0.15, -0.1) is 0 Å².